The average molecular weight is 690 g/mol. The summed E-state index contributed by atoms with van der Waals surface area (Å²) in [5, 5.41) is 0. The quantitative estimate of drug-likeness (QED) is 0.0443. The van der Waals surface area contributed by atoms with E-state index in [1.54, 1.807) is 12.1 Å². The fourth-order valence-electron chi connectivity index (χ4n) is 5.72. The molecule has 0 spiro atoms. The smallest absolute Gasteiger partial charge is 0.305 e. The molecule has 3 rings (SSSR count). The number of benzene rings is 1. The van der Waals surface area contributed by atoms with Gasteiger partial charge in [0.1, 0.15) is 29.4 Å². The Balaban J connectivity index is 0.000000613. The molecule has 1 aromatic carbocycles. The molecule has 2 heterocycles. The Morgan fingerprint density at radius 3 is 1.90 bits per heavy atom. The fraction of sp³-hybridized carbons (Fsp3) is 0.692. The summed E-state index contributed by atoms with van der Waals surface area (Å²) >= 11 is 0. The van der Waals surface area contributed by atoms with E-state index in [2.05, 4.69) is 23.9 Å². The Kier molecular flexibility index (Phi) is 23.1. The summed E-state index contributed by atoms with van der Waals surface area (Å²) < 4.78 is 50.4. The van der Waals surface area contributed by atoms with Crippen molar-refractivity contribution in [2.75, 3.05) is 13.2 Å². The van der Waals surface area contributed by atoms with Crippen molar-refractivity contribution in [3.05, 3.63) is 60.4 Å². The maximum absolute atomic E-state index is 12.0. The molecule has 1 saturated heterocycles. The van der Waals surface area contributed by atoms with Gasteiger partial charge in [0.05, 0.1) is 11.5 Å². The van der Waals surface area contributed by atoms with Gasteiger partial charge < -0.3 is 18.8 Å². The van der Waals surface area contributed by atoms with E-state index < -0.39 is 10.1 Å². The van der Waals surface area contributed by atoms with Gasteiger partial charge in [-0.25, -0.2) is 13.0 Å². The van der Waals surface area contributed by atoms with Gasteiger partial charge in [0.2, 0.25) is 0 Å². The summed E-state index contributed by atoms with van der Waals surface area (Å²) in [6, 6.07) is 11.9. The number of hydrogen-bond acceptors (Lipinski definition) is 7. The van der Waals surface area contributed by atoms with Crippen molar-refractivity contribution in [1.29, 1.82) is 0 Å². The van der Waals surface area contributed by atoms with E-state index >= 15 is 0 Å². The van der Waals surface area contributed by atoms with Crippen LogP contribution in [0.3, 0.4) is 0 Å². The molecule has 0 unspecified atom stereocenters. The minimum Gasteiger partial charge on any atom is -0.744 e. The van der Waals surface area contributed by atoms with Crippen molar-refractivity contribution in [3.63, 3.8) is 0 Å². The van der Waals surface area contributed by atoms with Crippen LogP contribution in [-0.2, 0) is 35.7 Å². The number of unbranched alkanes of at least 4 members (excludes halogenated alkanes) is 16. The van der Waals surface area contributed by atoms with Crippen LogP contribution in [0.2, 0.25) is 0 Å². The van der Waals surface area contributed by atoms with Gasteiger partial charge in [-0.2, -0.15) is 0 Å². The van der Waals surface area contributed by atoms with Crippen molar-refractivity contribution in [1.82, 2.24) is 0 Å². The zero-order chi connectivity index (χ0) is 34.7. The van der Waals surface area contributed by atoms with E-state index in [0.29, 0.717) is 19.6 Å². The van der Waals surface area contributed by atoms with E-state index in [-0.39, 0.29) is 23.3 Å². The van der Waals surface area contributed by atoms with Crippen molar-refractivity contribution in [3.8, 4) is 0 Å². The zero-order valence-electron chi connectivity index (χ0n) is 29.8. The summed E-state index contributed by atoms with van der Waals surface area (Å²) in [5.41, 5.74) is 0.928. The minimum atomic E-state index is -4.27. The lowest BCUT2D eigenvalue weighted by atomic mass is 10.0. The number of carbonyl (C=O) groups excluding carboxylic acids is 1. The van der Waals surface area contributed by atoms with Crippen molar-refractivity contribution in [2.45, 2.75) is 166 Å². The monoisotopic (exact) mass is 689 g/mol. The molecule has 0 amide bonds. The topological polar surface area (TPSA) is 106 Å². The number of aromatic nitrogens is 1. The van der Waals surface area contributed by atoms with Gasteiger partial charge in [0, 0.05) is 25.0 Å². The zero-order valence-corrected chi connectivity index (χ0v) is 30.6. The molecule has 2 aromatic rings. The van der Waals surface area contributed by atoms with Crippen LogP contribution in [0.15, 0.2) is 59.8 Å². The number of ether oxygens (including phenoxy) is 3. The molecule has 0 radical (unpaired) electrons. The average Bonchev–Trinajstić information content (AvgIpc) is 3.53. The third-order valence-electron chi connectivity index (χ3n) is 8.67. The molecule has 2 atom stereocenters. The lowest BCUT2D eigenvalue weighted by Crippen LogP contribution is -2.32. The lowest BCUT2D eigenvalue weighted by molar-refractivity contribution is -0.697. The lowest BCUT2D eigenvalue weighted by Gasteiger charge is -2.12. The Morgan fingerprint density at radius 2 is 1.33 bits per heavy atom. The van der Waals surface area contributed by atoms with Crippen molar-refractivity contribution in [2.24, 2.45) is 0 Å². The van der Waals surface area contributed by atoms with Gasteiger partial charge in [-0.3, -0.25) is 4.79 Å². The Bertz CT molecular complexity index is 1170. The van der Waals surface area contributed by atoms with Crippen molar-refractivity contribution >= 4 is 16.1 Å². The second-order valence-electron chi connectivity index (χ2n) is 13.1. The van der Waals surface area contributed by atoms with Crippen LogP contribution in [0.4, 0.5) is 0 Å². The third kappa shape index (κ3) is 21.6. The van der Waals surface area contributed by atoms with E-state index in [1.807, 2.05) is 25.1 Å². The number of nitrogens with zero attached hydrogens (tertiary/aromatic N) is 1. The Labute approximate surface area is 291 Å². The molecule has 1 aliphatic heterocycles. The van der Waals surface area contributed by atoms with Crippen LogP contribution in [0.1, 0.15) is 141 Å². The molecule has 48 heavy (non-hydrogen) atoms. The summed E-state index contributed by atoms with van der Waals surface area (Å²) in [6.07, 6.45) is 28.9. The van der Waals surface area contributed by atoms with Gasteiger partial charge in [-0.15, -0.1) is 0 Å². The SMILES string of the molecule is CCCCCCCCCCCCCCCCC[C@H]1OC[C@H](COC(=O)CCCCC[n+]2ccccc2)O1.Cc1ccc(S(=O)(=O)[O-])cc1. The molecule has 1 aromatic heterocycles. The molecule has 9 heteroatoms. The van der Waals surface area contributed by atoms with Crippen LogP contribution in [0, 0.1) is 6.92 Å². The standard InChI is InChI=1S/C32H56NO4.C7H8O3S/c1-2-3-4-5-6-7-8-9-10-11-12-13-14-15-19-24-32-36-29-30(37-32)28-35-31(34)23-18-16-20-25-33-26-21-17-22-27-33;1-6-2-4-7(5-3-6)11(8,9)10/h17,21-22,26-27,30,32H,2-16,18-20,23-25,28-29H2,1H3;2-5H,1H3,(H,8,9,10)/q+1;/p-1/t30-,32-;/m0./s1. The van der Waals surface area contributed by atoms with E-state index in [0.717, 1.165) is 44.2 Å². The molecule has 0 N–H and O–H groups in total. The Morgan fingerprint density at radius 1 is 0.792 bits per heavy atom. The molecular formula is C39H63NO7S. The molecule has 0 bridgehead atoms. The molecule has 0 saturated carbocycles. The van der Waals surface area contributed by atoms with Gasteiger partial charge in [-0.05, 0) is 44.7 Å². The first kappa shape index (κ1) is 41.8. The molecule has 1 aliphatic rings. The second kappa shape index (κ2) is 26.5. The highest BCUT2D eigenvalue weighted by atomic mass is 32.2. The predicted molar refractivity (Wildman–Crippen MR) is 189 cm³/mol. The molecule has 1 fully saturated rings. The predicted octanol–water partition coefficient (Wildman–Crippen LogP) is 8.98. The number of carbonyl (C=O) groups is 1. The van der Waals surface area contributed by atoms with E-state index in [9.17, 15) is 17.8 Å². The largest absolute Gasteiger partial charge is 0.744 e. The highest BCUT2D eigenvalue weighted by Crippen LogP contribution is 2.19. The minimum absolute atomic E-state index is 0.111. The van der Waals surface area contributed by atoms with Gasteiger partial charge in [0.15, 0.2) is 18.7 Å². The van der Waals surface area contributed by atoms with Gasteiger partial charge >= 0.3 is 5.97 Å². The molecule has 272 valence electrons. The van der Waals surface area contributed by atoms with Crippen LogP contribution < -0.4 is 4.57 Å². The first-order valence-corrected chi connectivity index (χ1v) is 20.1. The maximum atomic E-state index is 12.0. The van der Waals surface area contributed by atoms with Crippen molar-refractivity contribution < 1.29 is 36.5 Å². The third-order valence-corrected chi connectivity index (χ3v) is 9.52. The summed E-state index contributed by atoms with van der Waals surface area (Å²) in [6.45, 7) is 5.94. The Hall–Kier alpha value is -2.33. The second-order valence-corrected chi connectivity index (χ2v) is 14.5. The van der Waals surface area contributed by atoms with E-state index in [4.69, 9.17) is 14.2 Å². The fourth-order valence-corrected chi connectivity index (χ4v) is 6.19. The van der Waals surface area contributed by atoms with Crippen LogP contribution >= 0.6 is 0 Å². The highest BCUT2D eigenvalue weighted by molar-refractivity contribution is 7.85. The highest BCUT2D eigenvalue weighted by Gasteiger charge is 2.26. The van der Waals surface area contributed by atoms with Crippen LogP contribution in [0.5, 0.6) is 0 Å². The number of pyridine rings is 1. The maximum Gasteiger partial charge on any atom is 0.305 e. The number of aryl methyl sites for hydroxylation is 2. The first-order chi connectivity index (χ1) is 23.3. The molecular weight excluding hydrogens is 626 g/mol. The normalized spacial score (nSPS) is 16.0. The van der Waals surface area contributed by atoms with Crippen LogP contribution in [-0.4, -0.2) is 44.5 Å². The molecule has 8 nitrogen and oxygen atoms in total. The van der Waals surface area contributed by atoms with Crippen LogP contribution in [0.25, 0.3) is 0 Å². The summed E-state index contributed by atoms with van der Waals surface area (Å²) in [7, 11) is -4.27. The summed E-state index contributed by atoms with van der Waals surface area (Å²) in [5.74, 6) is -0.123. The number of esters is 1. The van der Waals surface area contributed by atoms with Gasteiger partial charge in [-0.1, -0.05) is 121 Å². The number of rotatable bonds is 25. The van der Waals surface area contributed by atoms with E-state index in [1.165, 1.54) is 102 Å². The van der Waals surface area contributed by atoms with Gasteiger partial charge in [0.25, 0.3) is 0 Å². The number of hydrogen-bond donors (Lipinski definition) is 0. The summed E-state index contributed by atoms with van der Waals surface area (Å²) in [4.78, 5) is 11.8. The molecule has 0 aliphatic carbocycles. The first-order valence-electron chi connectivity index (χ1n) is 18.7.